The fourth-order valence-electron chi connectivity index (χ4n) is 2.20. The van der Waals surface area contributed by atoms with E-state index in [1.54, 1.807) is 18.2 Å². The second kappa shape index (κ2) is 6.43. The number of ether oxygens (including phenoxy) is 1. The van der Waals surface area contributed by atoms with Crippen LogP contribution in [0.1, 0.15) is 5.56 Å². The van der Waals surface area contributed by atoms with Crippen molar-refractivity contribution < 1.29 is 13.5 Å². The van der Waals surface area contributed by atoms with E-state index >= 15 is 0 Å². The molecular weight excluding hydrogens is 302 g/mol. The lowest BCUT2D eigenvalue weighted by molar-refractivity contribution is -0.0499. The summed E-state index contributed by atoms with van der Waals surface area (Å²) < 4.78 is 31.0. The second-order valence-electron chi connectivity index (χ2n) is 4.77. The van der Waals surface area contributed by atoms with Gasteiger partial charge < -0.3 is 9.30 Å². The summed E-state index contributed by atoms with van der Waals surface area (Å²) in [4.78, 5) is 4.40. The molecule has 118 valence electrons. The minimum atomic E-state index is -2.88. The Kier molecular flexibility index (Phi) is 4.18. The molecule has 1 heterocycles. The molecule has 0 amide bonds. The predicted octanol–water partition coefficient (Wildman–Crippen LogP) is 3.62. The smallest absolute Gasteiger partial charge is 0.387 e. The molecule has 0 atom stereocenters. The van der Waals surface area contributed by atoms with E-state index in [0.29, 0.717) is 11.5 Å². The molecule has 0 saturated heterocycles. The van der Waals surface area contributed by atoms with E-state index in [9.17, 15) is 8.78 Å². The number of fused-ring (bicyclic) bond motifs is 1. The number of aryl methyl sites for hydroxylation is 1. The molecule has 0 aliphatic carbocycles. The first-order valence-corrected chi connectivity index (χ1v) is 6.89. The summed E-state index contributed by atoms with van der Waals surface area (Å²) in [6.07, 6.45) is 1.41. The van der Waals surface area contributed by atoms with Crippen molar-refractivity contribution in [2.45, 2.75) is 6.61 Å². The van der Waals surface area contributed by atoms with Gasteiger partial charge in [0, 0.05) is 12.6 Å². The lowest BCUT2D eigenvalue weighted by atomic mass is 10.2. The molecule has 2 aromatic carbocycles. The summed E-state index contributed by atoms with van der Waals surface area (Å²) in [5.41, 5.74) is 5.06. The molecule has 3 aromatic rings. The molecule has 0 aliphatic rings. The number of nitrogens with zero attached hydrogens (tertiary/aromatic N) is 3. The molecule has 0 unspecified atom stereocenters. The number of para-hydroxylation sites is 3. The van der Waals surface area contributed by atoms with Gasteiger partial charge in [0.2, 0.25) is 5.95 Å². The summed E-state index contributed by atoms with van der Waals surface area (Å²) in [6.45, 7) is -2.88. The number of anilines is 1. The van der Waals surface area contributed by atoms with Crippen LogP contribution in [0.15, 0.2) is 53.6 Å². The third kappa shape index (κ3) is 3.28. The third-order valence-electron chi connectivity index (χ3n) is 3.29. The van der Waals surface area contributed by atoms with Crippen LogP contribution in [0, 0.1) is 0 Å². The summed E-state index contributed by atoms with van der Waals surface area (Å²) in [5.74, 6) is 0.618. The van der Waals surface area contributed by atoms with Crippen LogP contribution in [0.25, 0.3) is 11.0 Å². The number of nitrogens with one attached hydrogen (secondary N) is 1. The van der Waals surface area contributed by atoms with Gasteiger partial charge in [-0.15, -0.1) is 0 Å². The van der Waals surface area contributed by atoms with Crippen molar-refractivity contribution in [3.63, 3.8) is 0 Å². The van der Waals surface area contributed by atoms with E-state index in [1.807, 2.05) is 35.9 Å². The summed E-state index contributed by atoms with van der Waals surface area (Å²) >= 11 is 0. The van der Waals surface area contributed by atoms with Gasteiger partial charge in [-0.1, -0.05) is 24.3 Å². The first-order chi connectivity index (χ1) is 11.1. The van der Waals surface area contributed by atoms with Crippen molar-refractivity contribution in [3.8, 4) is 5.75 Å². The fourth-order valence-corrected chi connectivity index (χ4v) is 2.20. The van der Waals surface area contributed by atoms with Crippen molar-refractivity contribution in [2.24, 2.45) is 12.1 Å². The normalized spacial score (nSPS) is 11.5. The van der Waals surface area contributed by atoms with Crippen LogP contribution in [0.3, 0.4) is 0 Å². The number of hydrogen-bond donors (Lipinski definition) is 1. The quantitative estimate of drug-likeness (QED) is 0.578. The van der Waals surface area contributed by atoms with Gasteiger partial charge >= 0.3 is 6.61 Å². The van der Waals surface area contributed by atoms with E-state index < -0.39 is 6.61 Å². The summed E-state index contributed by atoms with van der Waals surface area (Å²) in [7, 11) is 1.86. The molecule has 23 heavy (non-hydrogen) atoms. The molecule has 1 aromatic heterocycles. The highest BCUT2D eigenvalue weighted by Crippen LogP contribution is 2.19. The van der Waals surface area contributed by atoms with Gasteiger partial charge in [-0.05, 0) is 24.3 Å². The standard InChI is InChI=1S/C16H14F2N4O/c1-22-13-8-4-3-7-12(13)20-16(22)21-19-10-11-6-2-5-9-14(11)23-15(17)18/h2-10,15H,1H3,(H,20,21)/b19-10-. The van der Waals surface area contributed by atoms with Gasteiger partial charge in [0.1, 0.15) is 5.75 Å². The van der Waals surface area contributed by atoms with Crippen LogP contribution in [-0.2, 0) is 7.05 Å². The zero-order valence-electron chi connectivity index (χ0n) is 12.3. The Hall–Kier alpha value is -2.96. The predicted molar refractivity (Wildman–Crippen MR) is 85.0 cm³/mol. The molecular formula is C16H14F2N4O. The number of benzene rings is 2. The highest BCUT2D eigenvalue weighted by atomic mass is 19.3. The monoisotopic (exact) mass is 316 g/mol. The highest BCUT2D eigenvalue weighted by Gasteiger charge is 2.08. The number of rotatable bonds is 5. The maximum atomic E-state index is 12.4. The van der Waals surface area contributed by atoms with E-state index in [-0.39, 0.29) is 5.75 Å². The Morgan fingerprint density at radius 2 is 1.91 bits per heavy atom. The SMILES string of the molecule is Cn1c(N/N=C\c2ccccc2OC(F)F)nc2ccccc21. The Bertz CT molecular complexity index is 845. The van der Waals surface area contributed by atoms with E-state index in [2.05, 4.69) is 20.2 Å². The number of hydrogen-bond acceptors (Lipinski definition) is 4. The Morgan fingerprint density at radius 3 is 2.70 bits per heavy atom. The van der Waals surface area contributed by atoms with Gasteiger partial charge in [0.25, 0.3) is 0 Å². The number of imidazole rings is 1. The second-order valence-corrected chi connectivity index (χ2v) is 4.77. The first-order valence-electron chi connectivity index (χ1n) is 6.89. The molecule has 5 nitrogen and oxygen atoms in total. The maximum absolute atomic E-state index is 12.4. The van der Waals surface area contributed by atoms with Gasteiger partial charge in [-0.3, -0.25) is 0 Å². The van der Waals surface area contributed by atoms with Crippen molar-refractivity contribution in [2.75, 3.05) is 5.43 Å². The van der Waals surface area contributed by atoms with Crippen LogP contribution in [0.5, 0.6) is 5.75 Å². The van der Waals surface area contributed by atoms with E-state index in [1.165, 1.54) is 12.3 Å². The van der Waals surface area contributed by atoms with Gasteiger partial charge in [-0.25, -0.2) is 10.4 Å². The Balaban J connectivity index is 1.80. The maximum Gasteiger partial charge on any atom is 0.387 e. The molecule has 3 rings (SSSR count). The van der Waals surface area contributed by atoms with Crippen LogP contribution in [0.4, 0.5) is 14.7 Å². The first kappa shape index (κ1) is 15.0. The highest BCUT2D eigenvalue weighted by molar-refractivity contribution is 5.84. The third-order valence-corrected chi connectivity index (χ3v) is 3.29. The number of alkyl halides is 2. The van der Waals surface area contributed by atoms with Crippen LogP contribution < -0.4 is 10.2 Å². The average Bonchev–Trinajstić information content (AvgIpc) is 2.85. The molecule has 0 saturated carbocycles. The van der Waals surface area contributed by atoms with Gasteiger partial charge in [0.05, 0.1) is 17.2 Å². The molecule has 0 spiro atoms. The van der Waals surface area contributed by atoms with Crippen molar-refractivity contribution in [3.05, 3.63) is 54.1 Å². The molecule has 1 N–H and O–H groups in total. The van der Waals surface area contributed by atoms with Crippen LogP contribution >= 0.6 is 0 Å². The average molecular weight is 316 g/mol. The molecule has 0 radical (unpaired) electrons. The number of hydrazone groups is 1. The van der Waals surface area contributed by atoms with Gasteiger partial charge in [-0.2, -0.15) is 13.9 Å². The fraction of sp³-hybridized carbons (Fsp3) is 0.125. The van der Waals surface area contributed by atoms with Gasteiger partial charge in [0.15, 0.2) is 0 Å². The number of halogens is 2. The summed E-state index contributed by atoms with van der Waals surface area (Å²) in [5, 5.41) is 4.05. The van der Waals surface area contributed by atoms with Crippen molar-refractivity contribution >= 4 is 23.2 Å². The largest absolute Gasteiger partial charge is 0.434 e. The van der Waals surface area contributed by atoms with Crippen molar-refractivity contribution in [1.82, 2.24) is 9.55 Å². The summed E-state index contributed by atoms with van der Waals surface area (Å²) in [6, 6.07) is 14.1. The zero-order chi connectivity index (χ0) is 16.2. The number of aromatic nitrogens is 2. The zero-order valence-corrected chi connectivity index (χ0v) is 12.3. The molecule has 7 heteroatoms. The molecule has 0 fully saturated rings. The van der Waals surface area contributed by atoms with Crippen molar-refractivity contribution in [1.29, 1.82) is 0 Å². The Morgan fingerprint density at radius 1 is 1.17 bits per heavy atom. The minimum absolute atomic E-state index is 0.0676. The lowest BCUT2D eigenvalue weighted by Gasteiger charge is -2.07. The van der Waals surface area contributed by atoms with E-state index in [0.717, 1.165) is 11.0 Å². The minimum Gasteiger partial charge on any atom is -0.434 e. The van der Waals surface area contributed by atoms with E-state index in [4.69, 9.17) is 0 Å². The Labute approximate surface area is 131 Å². The molecule has 0 aliphatic heterocycles. The topological polar surface area (TPSA) is 51.4 Å². The van der Waals surface area contributed by atoms with Crippen LogP contribution in [-0.4, -0.2) is 22.4 Å². The molecule has 0 bridgehead atoms. The lowest BCUT2D eigenvalue weighted by Crippen LogP contribution is -2.04. The van der Waals surface area contributed by atoms with Crippen LogP contribution in [0.2, 0.25) is 0 Å².